The van der Waals surface area contributed by atoms with Crippen molar-refractivity contribution in [3.8, 4) is 11.5 Å². The summed E-state index contributed by atoms with van der Waals surface area (Å²) in [6, 6.07) is 4.15. The van der Waals surface area contributed by atoms with Crippen LogP contribution < -0.4 is 10.1 Å². The molecule has 0 aliphatic heterocycles. The highest BCUT2D eigenvalue weighted by molar-refractivity contribution is 5.97. The normalized spacial score (nSPS) is 13.3. The van der Waals surface area contributed by atoms with Gasteiger partial charge in [0.2, 0.25) is 0 Å². The van der Waals surface area contributed by atoms with E-state index in [0.29, 0.717) is 5.75 Å². The predicted molar refractivity (Wildman–Crippen MR) is 69.9 cm³/mol. The van der Waals surface area contributed by atoms with E-state index >= 15 is 0 Å². The van der Waals surface area contributed by atoms with E-state index in [1.807, 2.05) is 0 Å². The maximum absolute atomic E-state index is 11.9. The van der Waals surface area contributed by atoms with Gasteiger partial charge in [0.15, 0.2) is 0 Å². The lowest BCUT2D eigenvalue weighted by atomic mass is 10.0. The molecule has 0 bridgehead atoms. The van der Waals surface area contributed by atoms with Gasteiger partial charge in [0.25, 0.3) is 5.91 Å². The van der Waals surface area contributed by atoms with Gasteiger partial charge in [0.05, 0.1) is 24.7 Å². The molecule has 1 aromatic carbocycles. The van der Waals surface area contributed by atoms with Crippen molar-refractivity contribution in [2.24, 2.45) is 0 Å². The van der Waals surface area contributed by atoms with E-state index in [1.165, 1.54) is 32.2 Å². The molecule has 4 N–H and O–H groups in total. The van der Waals surface area contributed by atoms with Crippen LogP contribution in [0.3, 0.4) is 0 Å². The Bertz CT molecular complexity index is 512. The Morgan fingerprint density at radius 2 is 2.05 bits per heavy atom. The molecule has 20 heavy (non-hydrogen) atoms. The summed E-state index contributed by atoms with van der Waals surface area (Å²) in [5, 5.41) is 30.4. The molecule has 7 heteroatoms. The van der Waals surface area contributed by atoms with Crippen molar-refractivity contribution in [3.63, 3.8) is 0 Å². The molecule has 1 rings (SSSR count). The molecule has 0 aromatic heterocycles. The lowest BCUT2D eigenvalue weighted by Crippen LogP contribution is -2.42. The predicted octanol–water partition coefficient (Wildman–Crippen LogP) is 0.356. The van der Waals surface area contributed by atoms with Gasteiger partial charge >= 0.3 is 5.97 Å². The molecule has 0 aliphatic carbocycles. The number of hydrogen-bond donors (Lipinski definition) is 4. The van der Waals surface area contributed by atoms with Gasteiger partial charge in [-0.25, -0.2) is 0 Å². The third-order valence-electron chi connectivity index (χ3n) is 2.61. The number of methoxy groups -OCH3 is 1. The molecule has 1 amide bonds. The van der Waals surface area contributed by atoms with Crippen LogP contribution in [-0.4, -0.2) is 46.5 Å². The highest BCUT2D eigenvalue weighted by Gasteiger charge is 2.25. The summed E-state index contributed by atoms with van der Waals surface area (Å²) in [4.78, 5) is 22.4. The summed E-state index contributed by atoms with van der Waals surface area (Å²) >= 11 is 0. The molecule has 0 fully saturated rings. The average molecular weight is 283 g/mol. The van der Waals surface area contributed by atoms with Crippen LogP contribution in [-0.2, 0) is 4.79 Å². The molecule has 0 heterocycles. The summed E-state index contributed by atoms with van der Waals surface area (Å²) < 4.78 is 4.94. The Labute approximate surface area is 115 Å². The number of rotatable bonds is 6. The first-order chi connectivity index (χ1) is 9.25. The van der Waals surface area contributed by atoms with Crippen LogP contribution in [0.1, 0.15) is 23.7 Å². The van der Waals surface area contributed by atoms with E-state index in [9.17, 15) is 19.8 Å². The fourth-order valence-corrected chi connectivity index (χ4v) is 1.58. The maximum atomic E-state index is 11.9. The smallest absolute Gasteiger partial charge is 0.306 e. The van der Waals surface area contributed by atoms with Gasteiger partial charge in [0.1, 0.15) is 11.5 Å². The summed E-state index contributed by atoms with van der Waals surface area (Å²) in [5.74, 6) is -1.65. The number of phenols is 1. The molecular weight excluding hydrogens is 266 g/mol. The molecule has 0 saturated heterocycles. The molecule has 0 radical (unpaired) electrons. The van der Waals surface area contributed by atoms with E-state index in [2.05, 4.69) is 5.32 Å². The Morgan fingerprint density at radius 3 is 2.60 bits per heavy atom. The van der Waals surface area contributed by atoms with Crippen LogP contribution in [0.2, 0.25) is 0 Å². The quantitative estimate of drug-likeness (QED) is 0.599. The number of benzene rings is 1. The van der Waals surface area contributed by atoms with Gasteiger partial charge in [-0.2, -0.15) is 0 Å². The van der Waals surface area contributed by atoms with Crippen molar-refractivity contribution in [1.29, 1.82) is 0 Å². The molecule has 0 saturated carbocycles. The number of hydrogen-bond acceptors (Lipinski definition) is 5. The van der Waals surface area contributed by atoms with Gasteiger partial charge < -0.3 is 25.4 Å². The second kappa shape index (κ2) is 6.25. The van der Waals surface area contributed by atoms with E-state index in [-0.39, 0.29) is 17.9 Å². The Balaban J connectivity index is 2.74. The molecule has 0 spiro atoms. The number of aliphatic hydroxyl groups is 1. The topological polar surface area (TPSA) is 116 Å². The first-order valence-electron chi connectivity index (χ1n) is 5.84. The minimum Gasteiger partial charge on any atom is -0.507 e. The number of carboxylic acids is 1. The van der Waals surface area contributed by atoms with Crippen LogP contribution in [0.15, 0.2) is 18.2 Å². The van der Waals surface area contributed by atoms with Crippen LogP contribution in [0.4, 0.5) is 0 Å². The Kier molecular flexibility index (Phi) is 4.93. The average Bonchev–Trinajstić information content (AvgIpc) is 2.35. The Morgan fingerprint density at radius 1 is 1.40 bits per heavy atom. The van der Waals surface area contributed by atoms with Crippen molar-refractivity contribution in [2.45, 2.75) is 18.9 Å². The standard InChI is InChI=1S/C13H17NO6/c1-13(19,6-11(16)17)7-14-12(18)9-5-8(20-2)3-4-10(9)15/h3-5,15,19H,6-7H2,1-2H3,(H,14,18)(H,16,17). The monoisotopic (exact) mass is 283 g/mol. The molecule has 1 aromatic rings. The minimum atomic E-state index is -1.57. The number of carbonyl (C=O) groups is 2. The van der Waals surface area contributed by atoms with Crippen molar-refractivity contribution in [3.05, 3.63) is 23.8 Å². The number of ether oxygens (including phenoxy) is 1. The number of nitrogens with one attached hydrogen (secondary N) is 1. The van der Waals surface area contributed by atoms with Crippen LogP contribution in [0.5, 0.6) is 11.5 Å². The second-order valence-corrected chi connectivity index (χ2v) is 4.63. The Hall–Kier alpha value is -2.28. The zero-order valence-electron chi connectivity index (χ0n) is 11.2. The fraction of sp³-hybridized carbons (Fsp3) is 0.385. The van der Waals surface area contributed by atoms with Gasteiger partial charge in [-0.15, -0.1) is 0 Å². The van der Waals surface area contributed by atoms with Gasteiger partial charge in [0, 0.05) is 6.54 Å². The van der Waals surface area contributed by atoms with Gasteiger partial charge in [-0.05, 0) is 25.1 Å². The van der Waals surface area contributed by atoms with Gasteiger partial charge in [-0.1, -0.05) is 0 Å². The van der Waals surface area contributed by atoms with E-state index in [0.717, 1.165) is 0 Å². The van der Waals surface area contributed by atoms with Crippen molar-refractivity contribution in [1.82, 2.24) is 5.32 Å². The van der Waals surface area contributed by atoms with Crippen molar-refractivity contribution < 1.29 is 29.6 Å². The largest absolute Gasteiger partial charge is 0.507 e. The number of carboxylic acid groups (broad SMARTS) is 1. The number of aromatic hydroxyl groups is 1. The van der Waals surface area contributed by atoms with E-state index in [1.54, 1.807) is 0 Å². The molecule has 1 atom stereocenters. The highest BCUT2D eigenvalue weighted by atomic mass is 16.5. The van der Waals surface area contributed by atoms with Gasteiger partial charge in [-0.3, -0.25) is 9.59 Å². The van der Waals surface area contributed by atoms with Crippen LogP contribution >= 0.6 is 0 Å². The summed E-state index contributed by atoms with van der Waals surface area (Å²) in [5.41, 5.74) is -1.59. The summed E-state index contributed by atoms with van der Waals surface area (Å²) in [6.07, 6.45) is -0.503. The molecular formula is C13H17NO6. The molecule has 110 valence electrons. The summed E-state index contributed by atoms with van der Waals surface area (Å²) in [6.45, 7) is 1.04. The number of amides is 1. The van der Waals surface area contributed by atoms with E-state index < -0.39 is 23.9 Å². The van der Waals surface area contributed by atoms with Crippen molar-refractivity contribution in [2.75, 3.05) is 13.7 Å². The molecule has 1 unspecified atom stereocenters. The lowest BCUT2D eigenvalue weighted by Gasteiger charge is -2.21. The maximum Gasteiger partial charge on any atom is 0.306 e. The van der Waals surface area contributed by atoms with Crippen molar-refractivity contribution >= 4 is 11.9 Å². The zero-order chi connectivity index (χ0) is 15.3. The SMILES string of the molecule is COc1ccc(O)c(C(=O)NCC(C)(O)CC(=O)O)c1. The first kappa shape index (κ1) is 15.8. The number of phenolic OH excluding ortho intramolecular Hbond substituents is 1. The lowest BCUT2D eigenvalue weighted by molar-refractivity contribution is -0.141. The third-order valence-corrected chi connectivity index (χ3v) is 2.61. The summed E-state index contributed by atoms with van der Waals surface area (Å²) in [7, 11) is 1.42. The number of aliphatic carboxylic acids is 1. The first-order valence-corrected chi connectivity index (χ1v) is 5.84. The molecule has 7 nitrogen and oxygen atoms in total. The fourth-order valence-electron chi connectivity index (χ4n) is 1.58. The second-order valence-electron chi connectivity index (χ2n) is 4.63. The zero-order valence-corrected chi connectivity index (χ0v) is 11.2. The molecule has 0 aliphatic rings. The van der Waals surface area contributed by atoms with Crippen LogP contribution in [0.25, 0.3) is 0 Å². The van der Waals surface area contributed by atoms with Crippen LogP contribution in [0, 0.1) is 0 Å². The van der Waals surface area contributed by atoms with E-state index in [4.69, 9.17) is 9.84 Å². The number of carbonyl (C=O) groups excluding carboxylic acids is 1. The highest BCUT2D eigenvalue weighted by Crippen LogP contribution is 2.22. The minimum absolute atomic E-state index is 0.0181. The third kappa shape index (κ3) is 4.43.